The Balaban J connectivity index is 2.01. The Morgan fingerprint density at radius 2 is 1.94 bits per heavy atom. The fourth-order valence-corrected chi connectivity index (χ4v) is 1.75. The molecule has 0 aliphatic rings. The number of hydrogen-bond donors (Lipinski definition) is 1. The highest BCUT2D eigenvalue weighted by Crippen LogP contribution is 2.14. The van der Waals surface area contributed by atoms with Crippen molar-refractivity contribution in [1.29, 1.82) is 0 Å². The number of ether oxygens (including phenoxy) is 1. The minimum Gasteiger partial charge on any atom is -0.486 e. The number of rotatable bonds is 4. The highest BCUT2D eigenvalue weighted by Gasteiger charge is 2.02. The van der Waals surface area contributed by atoms with Gasteiger partial charge in [-0.05, 0) is 30.7 Å². The average Bonchev–Trinajstić information content (AvgIpc) is 2.36. The maximum Gasteiger partial charge on any atom is 0.167 e. The Kier molecular flexibility index (Phi) is 4.12. The van der Waals surface area contributed by atoms with E-state index in [0.29, 0.717) is 16.7 Å². The lowest BCUT2D eigenvalue weighted by atomic mass is 10.2. The zero-order valence-electron chi connectivity index (χ0n) is 9.93. The fourth-order valence-electron chi connectivity index (χ4n) is 1.49. The van der Waals surface area contributed by atoms with E-state index in [0.717, 1.165) is 11.3 Å². The second kappa shape index (κ2) is 5.80. The molecule has 0 amide bonds. The van der Waals surface area contributed by atoms with Gasteiger partial charge in [0.15, 0.2) is 5.82 Å². The van der Waals surface area contributed by atoms with Crippen LogP contribution in [0.5, 0.6) is 5.75 Å². The summed E-state index contributed by atoms with van der Waals surface area (Å²) >= 11 is 5.84. The van der Waals surface area contributed by atoms with Gasteiger partial charge in [0, 0.05) is 5.69 Å². The molecule has 2 rings (SSSR count). The minimum absolute atomic E-state index is 0.0247. The predicted octanol–water partition coefficient (Wildman–Crippen LogP) is 2.51. The third-order valence-electron chi connectivity index (χ3n) is 2.34. The molecule has 1 heterocycles. The van der Waals surface area contributed by atoms with E-state index in [1.807, 2.05) is 6.92 Å². The predicted molar refractivity (Wildman–Crippen MR) is 68.5 cm³/mol. The molecule has 0 saturated carbocycles. The van der Waals surface area contributed by atoms with E-state index >= 15 is 0 Å². The first kappa shape index (κ1) is 12.8. The van der Waals surface area contributed by atoms with Crippen LogP contribution in [0.15, 0.2) is 30.3 Å². The molecule has 18 heavy (non-hydrogen) atoms. The quantitative estimate of drug-likeness (QED) is 0.862. The van der Waals surface area contributed by atoms with Gasteiger partial charge >= 0.3 is 0 Å². The van der Waals surface area contributed by atoms with Crippen molar-refractivity contribution in [2.45, 2.75) is 20.1 Å². The van der Waals surface area contributed by atoms with Gasteiger partial charge in [0.1, 0.15) is 17.5 Å². The second-order valence-electron chi connectivity index (χ2n) is 3.84. The number of halogens is 1. The summed E-state index contributed by atoms with van der Waals surface area (Å²) in [4.78, 5) is 8.29. The maximum absolute atomic E-state index is 8.92. The number of nitrogens with zero attached hydrogens (tertiary/aromatic N) is 2. The van der Waals surface area contributed by atoms with Crippen LogP contribution in [0.4, 0.5) is 0 Å². The van der Waals surface area contributed by atoms with E-state index in [4.69, 9.17) is 21.4 Å². The van der Waals surface area contributed by atoms with Crippen LogP contribution in [0.25, 0.3) is 0 Å². The van der Waals surface area contributed by atoms with E-state index in [2.05, 4.69) is 9.97 Å². The number of aliphatic hydroxyl groups is 1. The van der Waals surface area contributed by atoms with E-state index < -0.39 is 0 Å². The number of hydrogen-bond acceptors (Lipinski definition) is 4. The van der Waals surface area contributed by atoms with Crippen LogP contribution in [0.1, 0.15) is 17.1 Å². The summed E-state index contributed by atoms with van der Waals surface area (Å²) in [5.74, 6) is 1.25. The molecule has 1 aromatic carbocycles. The monoisotopic (exact) mass is 264 g/mol. The summed E-state index contributed by atoms with van der Waals surface area (Å²) in [6, 6.07) is 8.89. The van der Waals surface area contributed by atoms with Crippen LogP contribution in [0.3, 0.4) is 0 Å². The molecule has 0 unspecified atom stereocenters. The molecule has 5 heteroatoms. The largest absolute Gasteiger partial charge is 0.486 e. The first-order chi connectivity index (χ1) is 8.67. The van der Waals surface area contributed by atoms with Crippen molar-refractivity contribution in [1.82, 2.24) is 9.97 Å². The number of aryl methyl sites for hydroxylation is 1. The Morgan fingerprint density at radius 1 is 1.22 bits per heavy atom. The molecular formula is C13H13ClN2O2. The Morgan fingerprint density at radius 3 is 2.56 bits per heavy atom. The maximum atomic E-state index is 8.92. The zero-order chi connectivity index (χ0) is 13.0. The van der Waals surface area contributed by atoms with E-state index in [9.17, 15) is 0 Å². The molecule has 0 atom stereocenters. The molecule has 0 aliphatic heterocycles. The van der Waals surface area contributed by atoms with Crippen LogP contribution in [0.2, 0.25) is 5.15 Å². The fraction of sp³-hybridized carbons (Fsp3) is 0.231. The molecule has 2 aromatic rings. The second-order valence-corrected chi connectivity index (χ2v) is 4.23. The van der Waals surface area contributed by atoms with Gasteiger partial charge in [-0.2, -0.15) is 0 Å². The SMILES string of the molecule is Cc1cc(Cl)nc(COc2ccc(CO)cc2)n1. The van der Waals surface area contributed by atoms with Crippen molar-refractivity contribution < 1.29 is 9.84 Å². The normalized spacial score (nSPS) is 10.4. The van der Waals surface area contributed by atoms with E-state index in [-0.39, 0.29) is 13.2 Å². The Bertz CT molecular complexity index is 509. The molecule has 4 nitrogen and oxygen atoms in total. The molecule has 0 saturated heterocycles. The van der Waals surface area contributed by atoms with Gasteiger partial charge < -0.3 is 9.84 Å². The average molecular weight is 265 g/mol. The molecule has 0 aliphatic carbocycles. The molecule has 0 spiro atoms. The molecule has 1 N–H and O–H groups in total. The summed E-state index contributed by atoms with van der Waals surface area (Å²) in [5, 5.41) is 9.34. The highest BCUT2D eigenvalue weighted by atomic mass is 35.5. The summed E-state index contributed by atoms with van der Waals surface area (Å²) in [6.07, 6.45) is 0. The number of benzene rings is 1. The van der Waals surface area contributed by atoms with Gasteiger partial charge in [-0.3, -0.25) is 0 Å². The van der Waals surface area contributed by atoms with Gasteiger partial charge in [0.05, 0.1) is 6.61 Å². The zero-order valence-corrected chi connectivity index (χ0v) is 10.7. The van der Waals surface area contributed by atoms with E-state index in [1.165, 1.54) is 0 Å². The van der Waals surface area contributed by atoms with E-state index in [1.54, 1.807) is 30.3 Å². The van der Waals surface area contributed by atoms with Gasteiger partial charge in [-0.1, -0.05) is 23.7 Å². The van der Waals surface area contributed by atoms with Crippen molar-refractivity contribution >= 4 is 11.6 Å². The summed E-state index contributed by atoms with van der Waals surface area (Å²) in [6.45, 7) is 2.14. The summed E-state index contributed by atoms with van der Waals surface area (Å²) < 4.78 is 5.54. The van der Waals surface area contributed by atoms with Crippen LogP contribution in [-0.2, 0) is 13.2 Å². The smallest absolute Gasteiger partial charge is 0.167 e. The summed E-state index contributed by atoms with van der Waals surface area (Å²) in [7, 11) is 0. The van der Waals surface area contributed by atoms with Crippen LogP contribution in [-0.4, -0.2) is 15.1 Å². The van der Waals surface area contributed by atoms with Crippen LogP contribution >= 0.6 is 11.6 Å². The number of aromatic nitrogens is 2. The molecular weight excluding hydrogens is 252 g/mol. The lowest BCUT2D eigenvalue weighted by Gasteiger charge is -2.06. The molecule has 94 valence electrons. The van der Waals surface area contributed by atoms with Crippen molar-refractivity contribution in [3.63, 3.8) is 0 Å². The first-order valence-electron chi connectivity index (χ1n) is 5.50. The van der Waals surface area contributed by atoms with Crippen LogP contribution in [0, 0.1) is 6.92 Å². The molecule has 0 bridgehead atoms. The van der Waals surface area contributed by atoms with Crippen molar-refractivity contribution in [3.8, 4) is 5.75 Å². The molecule has 0 radical (unpaired) electrons. The molecule has 0 fully saturated rings. The topological polar surface area (TPSA) is 55.2 Å². The summed E-state index contributed by atoms with van der Waals surface area (Å²) in [5.41, 5.74) is 1.65. The van der Waals surface area contributed by atoms with Crippen LogP contribution < -0.4 is 4.74 Å². The third-order valence-corrected chi connectivity index (χ3v) is 2.54. The van der Waals surface area contributed by atoms with Gasteiger partial charge in [-0.15, -0.1) is 0 Å². The third kappa shape index (κ3) is 3.42. The number of aliphatic hydroxyl groups excluding tert-OH is 1. The van der Waals surface area contributed by atoms with Crippen molar-refractivity contribution in [2.75, 3.05) is 0 Å². The first-order valence-corrected chi connectivity index (χ1v) is 5.88. The Hall–Kier alpha value is -1.65. The lowest BCUT2D eigenvalue weighted by Crippen LogP contribution is -2.02. The standard InChI is InChI=1S/C13H13ClN2O2/c1-9-6-12(14)16-13(15-9)8-18-11-4-2-10(7-17)3-5-11/h2-6,17H,7-8H2,1H3. The van der Waals surface area contributed by atoms with Crippen molar-refractivity contribution in [3.05, 3.63) is 52.6 Å². The molecule has 1 aromatic heterocycles. The van der Waals surface area contributed by atoms with Gasteiger partial charge in [-0.25, -0.2) is 9.97 Å². The highest BCUT2D eigenvalue weighted by molar-refractivity contribution is 6.29. The minimum atomic E-state index is 0.0247. The van der Waals surface area contributed by atoms with Gasteiger partial charge in [0.2, 0.25) is 0 Å². The Labute approximate surface area is 110 Å². The van der Waals surface area contributed by atoms with Crippen molar-refractivity contribution in [2.24, 2.45) is 0 Å². The lowest BCUT2D eigenvalue weighted by molar-refractivity contribution is 0.280. The van der Waals surface area contributed by atoms with Gasteiger partial charge in [0.25, 0.3) is 0 Å².